The van der Waals surface area contributed by atoms with Gasteiger partial charge in [0, 0.05) is 7.11 Å². The van der Waals surface area contributed by atoms with Gasteiger partial charge < -0.3 is 4.74 Å². The standard InChI is InChI=1S/C8H13BrF2N4O/c1-16-3-2-15-7(5(9)4-13-15)6(14-12)8(10)11/h4,6,8,14H,2-3,12H2,1H3. The Kier molecular flexibility index (Phi) is 5.26. The van der Waals surface area contributed by atoms with Gasteiger partial charge in [-0.2, -0.15) is 5.10 Å². The Morgan fingerprint density at radius 1 is 1.69 bits per heavy atom. The first-order chi connectivity index (χ1) is 7.61. The van der Waals surface area contributed by atoms with E-state index in [0.717, 1.165) is 0 Å². The summed E-state index contributed by atoms with van der Waals surface area (Å²) in [4.78, 5) is 0. The molecule has 0 spiro atoms. The first-order valence-electron chi connectivity index (χ1n) is 4.56. The van der Waals surface area contributed by atoms with Crippen molar-refractivity contribution in [2.45, 2.75) is 19.0 Å². The van der Waals surface area contributed by atoms with Crippen molar-refractivity contribution < 1.29 is 13.5 Å². The number of hydrogen-bond acceptors (Lipinski definition) is 4. The number of methoxy groups -OCH3 is 1. The molecule has 1 unspecified atom stereocenters. The van der Waals surface area contributed by atoms with Crippen LogP contribution in [0.1, 0.15) is 11.7 Å². The zero-order valence-corrected chi connectivity index (χ0v) is 10.2. The lowest BCUT2D eigenvalue weighted by atomic mass is 10.2. The van der Waals surface area contributed by atoms with Gasteiger partial charge in [-0.05, 0) is 15.9 Å². The molecule has 1 atom stereocenters. The minimum atomic E-state index is -2.61. The van der Waals surface area contributed by atoms with Crippen LogP contribution >= 0.6 is 15.9 Å². The van der Waals surface area contributed by atoms with Crippen LogP contribution in [0.5, 0.6) is 0 Å². The molecule has 0 saturated carbocycles. The highest BCUT2D eigenvalue weighted by atomic mass is 79.9. The average Bonchev–Trinajstić information content (AvgIpc) is 2.59. The lowest BCUT2D eigenvalue weighted by Gasteiger charge is -2.17. The summed E-state index contributed by atoms with van der Waals surface area (Å²) < 4.78 is 32.2. The summed E-state index contributed by atoms with van der Waals surface area (Å²) >= 11 is 3.17. The Bertz CT molecular complexity index is 334. The lowest BCUT2D eigenvalue weighted by molar-refractivity contribution is 0.0925. The van der Waals surface area contributed by atoms with Crippen molar-refractivity contribution in [1.29, 1.82) is 0 Å². The summed E-state index contributed by atoms with van der Waals surface area (Å²) in [6, 6.07) is -1.26. The molecule has 92 valence electrons. The van der Waals surface area contributed by atoms with E-state index in [1.54, 1.807) is 0 Å². The van der Waals surface area contributed by atoms with E-state index in [4.69, 9.17) is 10.6 Å². The summed E-state index contributed by atoms with van der Waals surface area (Å²) in [5.41, 5.74) is 2.39. The highest BCUT2D eigenvalue weighted by molar-refractivity contribution is 9.10. The molecule has 0 aliphatic heterocycles. The Balaban J connectivity index is 2.94. The number of alkyl halides is 2. The maximum atomic E-state index is 12.7. The second kappa shape index (κ2) is 6.24. The van der Waals surface area contributed by atoms with Crippen molar-refractivity contribution in [2.75, 3.05) is 13.7 Å². The van der Waals surface area contributed by atoms with E-state index >= 15 is 0 Å². The summed E-state index contributed by atoms with van der Waals surface area (Å²) in [7, 11) is 1.53. The minimum Gasteiger partial charge on any atom is -0.383 e. The molecule has 1 aromatic heterocycles. The van der Waals surface area contributed by atoms with Crippen LogP contribution in [-0.2, 0) is 11.3 Å². The van der Waals surface area contributed by atoms with Gasteiger partial charge in [-0.1, -0.05) is 0 Å². The van der Waals surface area contributed by atoms with Crippen LogP contribution in [0.25, 0.3) is 0 Å². The number of aromatic nitrogens is 2. The SMILES string of the molecule is COCCn1ncc(Br)c1C(NN)C(F)F. The van der Waals surface area contributed by atoms with Gasteiger partial charge in [0.1, 0.15) is 6.04 Å². The third-order valence-electron chi connectivity index (χ3n) is 2.07. The molecular weight excluding hydrogens is 286 g/mol. The van der Waals surface area contributed by atoms with E-state index in [9.17, 15) is 8.78 Å². The molecule has 0 aromatic carbocycles. The summed E-state index contributed by atoms with van der Waals surface area (Å²) in [5, 5.41) is 3.97. The molecule has 3 N–H and O–H groups in total. The van der Waals surface area contributed by atoms with Gasteiger partial charge in [0.25, 0.3) is 6.43 Å². The van der Waals surface area contributed by atoms with Crippen LogP contribution < -0.4 is 11.3 Å². The molecule has 0 radical (unpaired) electrons. The molecular formula is C8H13BrF2N4O. The smallest absolute Gasteiger partial charge is 0.260 e. The Labute approximate surface area is 100 Å². The Morgan fingerprint density at radius 3 is 2.88 bits per heavy atom. The molecule has 0 fully saturated rings. The first kappa shape index (κ1) is 13.5. The van der Waals surface area contributed by atoms with E-state index in [1.807, 2.05) is 0 Å². The third kappa shape index (κ3) is 2.97. The third-order valence-corrected chi connectivity index (χ3v) is 2.68. The monoisotopic (exact) mass is 298 g/mol. The van der Waals surface area contributed by atoms with Crippen molar-refractivity contribution in [3.63, 3.8) is 0 Å². The average molecular weight is 299 g/mol. The number of nitrogens with one attached hydrogen (secondary N) is 1. The van der Waals surface area contributed by atoms with E-state index < -0.39 is 12.5 Å². The number of halogens is 3. The quantitative estimate of drug-likeness (QED) is 0.609. The normalized spacial score (nSPS) is 13.4. The zero-order valence-electron chi connectivity index (χ0n) is 8.66. The number of rotatable bonds is 6. The molecule has 1 aromatic rings. The van der Waals surface area contributed by atoms with Crippen molar-refractivity contribution in [2.24, 2.45) is 5.84 Å². The number of nitrogens with two attached hydrogens (primary N) is 1. The second-order valence-electron chi connectivity index (χ2n) is 3.07. The van der Waals surface area contributed by atoms with Crippen molar-refractivity contribution in [3.05, 3.63) is 16.4 Å². The van der Waals surface area contributed by atoms with Gasteiger partial charge >= 0.3 is 0 Å². The lowest BCUT2D eigenvalue weighted by Crippen LogP contribution is -2.35. The summed E-state index contributed by atoms with van der Waals surface area (Å²) in [6.07, 6.45) is -1.16. The number of ether oxygens (including phenoxy) is 1. The van der Waals surface area contributed by atoms with Gasteiger partial charge in [0.15, 0.2) is 0 Å². The molecule has 1 rings (SSSR count). The highest BCUT2D eigenvalue weighted by Crippen LogP contribution is 2.27. The number of hydrogen-bond donors (Lipinski definition) is 2. The molecule has 0 aliphatic carbocycles. The Morgan fingerprint density at radius 2 is 2.38 bits per heavy atom. The van der Waals surface area contributed by atoms with Crippen molar-refractivity contribution in [1.82, 2.24) is 15.2 Å². The molecule has 5 nitrogen and oxygen atoms in total. The van der Waals surface area contributed by atoms with E-state index in [1.165, 1.54) is 18.0 Å². The van der Waals surface area contributed by atoms with E-state index in [2.05, 4.69) is 26.5 Å². The van der Waals surface area contributed by atoms with Crippen LogP contribution in [0.2, 0.25) is 0 Å². The predicted octanol–water partition coefficient (Wildman–Crippen LogP) is 1.06. The fraction of sp³-hybridized carbons (Fsp3) is 0.625. The van der Waals surface area contributed by atoms with Gasteiger partial charge in [0.05, 0.1) is 29.5 Å². The molecule has 8 heteroatoms. The molecule has 0 bridgehead atoms. The van der Waals surface area contributed by atoms with Crippen LogP contribution in [0, 0.1) is 0 Å². The predicted molar refractivity (Wildman–Crippen MR) is 57.9 cm³/mol. The molecule has 0 aliphatic rings. The first-order valence-corrected chi connectivity index (χ1v) is 5.35. The van der Waals surface area contributed by atoms with Gasteiger partial charge in [-0.3, -0.25) is 10.5 Å². The van der Waals surface area contributed by atoms with Gasteiger partial charge in [0.2, 0.25) is 0 Å². The van der Waals surface area contributed by atoms with Crippen LogP contribution in [-0.4, -0.2) is 29.9 Å². The van der Waals surface area contributed by atoms with E-state index in [-0.39, 0.29) is 0 Å². The van der Waals surface area contributed by atoms with E-state index in [0.29, 0.717) is 23.3 Å². The Hall–Kier alpha value is -0.570. The molecule has 16 heavy (non-hydrogen) atoms. The maximum Gasteiger partial charge on any atom is 0.260 e. The van der Waals surface area contributed by atoms with Crippen molar-refractivity contribution in [3.8, 4) is 0 Å². The largest absolute Gasteiger partial charge is 0.383 e. The topological polar surface area (TPSA) is 65.1 Å². The molecule has 1 heterocycles. The summed E-state index contributed by atoms with van der Waals surface area (Å²) in [5.74, 6) is 5.11. The summed E-state index contributed by atoms with van der Waals surface area (Å²) in [6.45, 7) is 0.782. The maximum absolute atomic E-state index is 12.7. The van der Waals surface area contributed by atoms with Crippen molar-refractivity contribution >= 4 is 15.9 Å². The zero-order chi connectivity index (χ0) is 12.1. The minimum absolute atomic E-state index is 0.314. The number of nitrogens with zero attached hydrogens (tertiary/aromatic N) is 2. The molecule has 0 saturated heterocycles. The van der Waals surface area contributed by atoms with Crippen LogP contribution in [0.4, 0.5) is 8.78 Å². The van der Waals surface area contributed by atoms with Gasteiger partial charge in [-0.15, -0.1) is 0 Å². The van der Waals surface area contributed by atoms with Crippen LogP contribution in [0.3, 0.4) is 0 Å². The van der Waals surface area contributed by atoms with Crippen LogP contribution in [0.15, 0.2) is 10.7 Å². The highest BCUT2D eigenvalue weighted by Gasteiger charge is 2.27. The fourth-order valence-corrected chi connectivity index (χ4v) is 1.85. The molecule has 0 amide bonds. The number of hydrazine groups is 1. The fourth-order valence-electron chi connectivity index (χ4n) is 1.31. The second-order valence-corrected chi connectivity index (χ2v) is 3.93. The van der Waals surface area contributed by atoms with Gasteiger partial charge in [-0.25, -0.2) is 14.2 Å².